The summed E-state index contributed by atoms with van der Waals surface area (Å²) < 4.78 is 5.56. The van der Waals surface area contributed by atoms with E-state index in [1.807, 2.05) is 12.1 Å². The van der Waals surface area contributed by atoms with E-state index in [1.165, 1.54) is 5.56 Å². The first kappa shape index (κ1) is 14.4. The number of aromatic hydroxyl groups is 1. The van der Waals surface area contributed by atoms with Crippen molar-refractivity contribution in [2.45, 2.75) is 45.2 Å². The number of morpholine rings is 1. The van der Waals surface area contributed by atoms with Gasteiger partial charge in [-0.05, 0) is 43.9 Å². The Morgan fingerprint density at radius 1 is 1.37 bits per heavy atom. The van der Waals surface area contributed by atoms with Gasteiger partial charge in [0, 0.05) is 18.6 Å². The van der Waals surface area contributed by atoms with E-state index >= 15 is 0 Å². The molecular formula is C16H25NO2. The molecule has 2 atom stereocenters. The summed E-state index contributed by atoms with van der Waals surface area (Å²) in [5, 5.41) is 9.28. The molecule has 1 saturated heterocycles. The molecule has 0 saturated carbocycles. The van der Waals surface area contributed by atoms with E-state index in [1.54, 1.807) is 12.1 Å². The van der Waals surface area contributed by atoms with Crippen molar-refractivity contribution in [2.24, 2.45) is 0 Å². The fourth-order valence-corrected chi connectivity index (χ4v) is 2.80. The molecule has 0 amide bonds. The summed E-state index contributed by atoms with van der Waals surface area (Å²) in [5.41, 5.74) is 1.30. The third-order valence-electron chi connectivity index (χ3n) is 4.10. The number of rotatable bonds is 5. The Morgan fingerprint density at radius 3 is 2.79 bits per heavy atom. The average Bonchev–Trinajstić information content (AvgIpc) is 2.46. The predicted octanol–water partition coefficient (Wildman–Crippen LogP) is 2.82. The van der Waals surface area contributed by atoms with E-state index in [-0.39, 0.29) is 0 Å². The van der Waals surface area contributed by atoms with Crippen molar-refractivity contribution in [1.29, 1.82) is 0 Å². The molecule has 2 rings (SSSR count). The van der Waals surface area contributed by atoms with E-state index in [9.17, 15) is 5.11 Å². The highest BCUT2D eigenvalue weighted by atomic mass is 16.5. The van der Waals surface area contributed by atoms with Crippen molar-refractivity contribution in [3.05, 3.63) is 29.8 Å². The molecule has 3 heteroatoms. The van der Waals surface area contributed by atoms with Gasteiger partial charge in [0.05, 0.1) is 13.2 Å². The molecule has 1 aromatic rings. The van der Waals surface area contributed by atoms with Crippen molar-refractivity contribution in [2.75, 3.05) is 19.8 Å². The van der Waals surface area contributed by atoms with Gasteiger partial charge in [0.25, 0.3) is 0 Å². The standard InChI is InChI=1S/C16H25NO2/c1-3-15-12-19-11-10-17(15)13(2)4-5-14-6-8-16(18)9-7-14/h6-9,13,15,18H,3-5,10-12H2,1-2H3. The lowest BCUT2D eigenvalue weighted by Gasteiger charge is -2.39. The molecule has 1 heterocycles. The second-order valence-electron chi connectivity index (χ2n) is 5.43. The minimum Gasteiger partial charge on any atom is -0.508 e. The SMILES string of the molecule is CCC1COCCN1C(C)CCc1ccc(O)cc1. The highest BCUT2D eigenvalue weighted by Crippen LogP contribution is 2.18. The smallest absolute Gasteiger partial charge is 0.115 e. The zero-order valence-corrected chi connectivity index (χ0v) is 12.0. The van der Waals surface area contributed by atoms with Crippen molar-refractivity contribution < 1.29 is 9.84 Å². The molecule has 1 fully saturated rings. The molecule has 1 aliphatic heterocycles. The fraction of sp³-hybridized carbons (Fsp3) is 0.625. The second-order valence-corrected chi connectivity index (χ2v) is 5.43. The number of phenols is 1. The van der Waals surface area contributed by atoms with Crippen LogP contribution in [0.3, 0.4) is 0 Å². The lowest BCUT2D eigenvalue weighted by molar-refractivity contribution is -0.0279. The zero-order valence-electron chi connectivity index (χ0n) is 12.0. The minimum absolute atomic E-state index is 0.344. The van der Waals surface area contributed by atoms with Gasteiger partial charge >= 0.3 is 0 Å². The Labute approximate surface area is 116 Å². The molecule has 0 spiro atoms. The highest BCUT2D eigenvalue weighted by molar-refractivity contribution is 5.25. The van der Waals surface area contributed by atoms with Gasteiger partial charge in [0.2, 0.25) is 0 Å². The van der Waals surface area contributed by atoms with Gasteiger partial charge in [-0.3, -0.25) is 4.90 Å². The van der Waals surface area contributed by atoms with Crippen LogP contribution in [0.25, 0.3) is 0 Å². The van der Waals surface area contributed by atoms with E-state index in [2.05, 4.69) is 18.7 Å². The lowest BCUT2D eigenvalue weighted by Crippen LogP contribution is -2.49. The summed E-state index contributed by atoms with van der Waals surface area (Å²) in [6.45, 7) is 7.34. The second kappa shape index (κ2) is 6.92. The first-order valence-corrected chi connectivity index (χ1v) is 7.32. The van der Waals surface area contributed by atoms with Gasteiger partial charge in [0.1, 0.15) is 5.75 Å². The summed E-state index contributed by atoms with van der Waals surface area (Å²) in [5.74, 6) is 0.344. The maximum absolute atomic E-state index is 9.28. The van der Waals surface area contributed by atoms with Crippen LogP contribution in [0.5, 0.6) is 5.75 Å². The normalized spacial score (nSPS) is 22.3. The molecule has 1 aromatic carbocycles. The number of hydrogen-bond acceptors (Lipinski definition) is 3. The van der Waals surface area contributed by atoms with Crippen LogP contribution in [-0.4, -0.2) is 41.8 Å². The summed E-state index contributed by atoms with van der Waals surface area (Å²) in [6, 6.07) is 8.72. The Kier molecular flexibility index (Phi) is 5.23. The predicted molar refractivity (Wildman–Crippen MR) is 77.5 cm³/mol. The summed E-state index contributed by atoms with van der Waals surface area (Å²) in [6.07, 6.45) is 3.38. The summed E-state index contributed by atoms with van der Waals surface area (Å²) >= 11 is 0. The Morgan fingerprint density at radius 2 is 2.11 bits per heavy atom. The van der Waals surface area contributed by atoms with Gasteiger partial charge in [-0.25, -0.2) is 0 Å². The number of ether oxygens (including phenoxy) is 1. The van der Waals surface area contributed by atoms with Crippen LogP contribution < -0.4 is 0 Å². The third kappa shape index (κ3) is 3.95. The highest BCUT2D eigenvalue weighted by Gasteiger charge is 2.25. The first-order chi connectivity index (χ1) is 9.20. The van der Waals surface area contributed by atoms with Gasteiger partial charge in [0.15, 0.2) is 0 Å². The number of hydrogen-bond donors (Lipinski definition) is 1. The number of benzene rings is 1. The van der Waals surface area contributed by atoms with Crippen LogP contribution >= 0.6 is 0 Å². The molecule has 3 nitrogen and oxygen atoms in total. The molecule has 0 aromatic heterocycles. The largest absolute Gasteiger partial charge is 0.508 e. The van der Waals surface area contributed by atoms with E-state index in [0.717, 1.165) is 39.0 Å². The molecular weight excluding hydrogens is 238 g/mol. The van der Waals surface area contributed by atoms with E-state index < -0.39 is 0 Å². The molecule has 0 bridgehead atoms. The topological polar surface area (TPSA) is 32.7 Å². The fourth-order valence-electron chi connectivity index (χ4n) is 2.80. The van der Waals surface area contributed by atoms with E-state index in [0.29, 0.717) is 17.8 Å². The van der Waals surface area contributed by atoms with Gasteiger partial charge in [-0.15, -0.1) is 0 Å². The molecule has 1 aliphatic rings. The molecule has 0 radical (unpaired) electrons. The molecule has 1 N–H and O–H groups in total. The third-order valence-corrected chi connectivity index (χ3v) is 4.10. The molecule has 106 valence electrons. The first-order valence-electron chi connectivity index (χ1n) is 7.32. The van der Waals surface area contributed by atoms with Crippen molar-refractivity contribution in [3.63, 3.8) is 0 Å². The Hall–Kier alpha value is -1.06. The lowest BCUT2D eigenvalue weighted by atomic mass is 10.0. The van der Waals surface area contributed by atoms with Crippen LogP contribution in [0.4, 0.5) is 0 Å². The maximum atomic E-state index is 9.28. The number of aryl methyl sites for hydroxylation is 1. The molecule has 2 unspecified atom stereocenters. The van der Waals surface area contributed by atoms with Gasteiger partial charge in [-0.1, -0.05) is 19.1 Å². The van der Waals surface area contributed by atoms with Crippen LogP contribution in [0.15, 0.2) is 24.3 Å². The van der Waals surface area contributed by atoms with Crippen LogP contribution in [0.2, 0.25) is 0 Å². The van der Waals surface area contributed by atoms with Crippen molar-refractivity contribution in [3.8, 4) is 5.75 Å². The monoisotopic (exact) mass is 263 g/mol. The quantitative estimate of drug-likeness (QED) is 0.886. The Bertz CT molecular complexity index is 377. The minimum atomic E-state index is 0.344. The Balaban J connectivity index is 1.85. The summed E-state index contributed by atoms with van der Waals surface area (Å²) in [7, 11) is 0. The van der Waals surface area contributed by atoms with Crippen LogP contribution in [0, 0.1) is 0 Å². The zero-order chi connectivity index (χ0) is 13.7. The number of nitrogens with zero attached hydrogens (tertiary/aromatic N) is 1. The van der Waals surface area contributed by atoms with Crippen LogP contribution in [0.1, 0.15) is 32.3 Å². The van der Waals surface area contributed by atoms with Crippen LogP contribution in [-0.2, 0) is 11.2 Å². The van der Waals surface area contributed by atoms with Crippen molar-refractivity contribution >= 4 is 0 Å². The van der Waals surface area contributed by atoms with Gasteiger partial charge in [-0.2, -0.15) is 0 Å². The van der Waals surface area contributed by atoms with Gasteiger partial charge < -0.3 is 9.84 Å². The van der Waals surface area contributed by atoms with Crippen molar-refractivity contribution in [1.82, 2.24) is 4.90 Å². The number of phenolic OH excluding ortho intramolecular Hbond substituents is 1. The van der Waals surface area contributed by atoms with E-state index in [4.69, 9.17) is 4.74 Å². The summed E-state index contributed by atoms with van der Waals surface area (Å²) in [4.78, 5) is 2.59. The maximum Gasteiger partial charge on any atom is 0.115 e. The molecule has 0 aliphatic carbocycles. The average molecular weight is 263 g/mol. The molecule has 19 heavy (non-hydrogen) atoms.